The number of nitrogens with zero attached hydrogens (tertiary/aromatic N) is 3. The minimum absolute atomic E-state index is 0.0249. The highest BCUT2D eigenvalue weighted by molar-refractivity contribution is 6.31. The zero-order valence-corrected chi connectivity index (χ0v) is 13.9. The number of fused-ring (bicyclic) bond motifs is 3. The van der Waals surface area contributed by atoms with Crippen LogP contribution in [0.4, 0.5) is 11.5 Å². The molecule has 0 aliphatic heterocycles. The van der Waals surface area contributed by atoms with Crippen LogP contribution in [0.3, 0.4) is 0 Å². The van der Waals surface area contributed by atoms with E-state index >= 15 is 0 Å². The number of ether oxygens (including phenoxy) is 1. The van der Waals surface area contributed by atoms with Crippen LogP contribution in [0.25, 0.3) is 16.6 Å². The molecule has 6 nitrogen and oxygen atoms in total. The molecule has 2 N–H and O–H groups in total. The summed E-state index contributed by atoms with van der Waals surface area (Å²) in [6.07, 6.45) is 3.49. The Kier molecular flexibility index (Phi) is 4.13. The van der Waals surface area contributed by atoms with Crippen molar-refractivity contribution < 1.29 is 9.84 Å². The third kappa shape index (κ3) is 3.09. The number of nitrogens with one attached hydrogen (secondary N) is 1. The van der Waals surface area contributed by atoms with Gasteiger partial charge in [-0.3, -0.25) is 4.40 Å². The Labute approximate surface area is 148 Å². The minimum Gasteiger partial charge on any atom is -0.491 e. The third-order valence-electron chi connectivity index (χ3n) is 3.77. The zero-order valence-electron chi connectivity index (χ0n) is 13.2. The molecule has 0 fully saturated rings. The Morgan fingerprint density at radius 1 is 1.16 bits per heavy atom. The van der Waals surface area contributed by atoms with Crippen LogP contribution in [0.1, 0.15) is 0 Å². The summed E-state index contributed by atoms with van der Waals surface area (Å²) in [5.74, 6) is 1.36. The lowest BCUT2D eigenvalue weighted by molar-refractivity contribution is 0.201. The topological polar surface area (TPSA) is 71.7 Å². The van der Waals surface area contributed by atoms with E-state index in [9.17, 15) is 0 Å². The second kappa shape index (κ2) is 6.58. The molecule has 4 rings (SSSR count). The third-order valence-corrected chi connectivity index (χ3v) is 4.00. The van der Waals surface area contributed by atoms with E-state index in [2.05, 4.69) is 10.3 Å². The highest BCUT2D eigenvalue weighted by Gasteiger charge is 2.10. The number of anilines is 2. The molecule has 4 aromatic rings. The maximum absolute atomic E-state index is 8.88. The van der Waals surface area contributed by atoms with E-state index in [-0.39, 0.29) is 13.2 Å². The van der Waals surface area contributed by atoms with Crippen molar-refractivity contribution in [2.75, 3.05) is 18.5 Å². The van der Waals surface area contributed by atoms with Crippen LogP contribution < -0.4 is 10.1 Å². The zero-order chi connectivity index (χ0) is 17.2. The number of imidazole rings is 1. The van der Waals surface area contributed by atoms with Gasteiger partial charge in [-0.25, -0.2) is 9.97 Å². The molecule has 0 unspecified atom stereocenters. The Hall–Kier alpha value is -2.83. The molecule has 2 aromatic heterocycles. The fraction of sp³-hybridized carbons (Fsp3) is 0.111. The van der Waals surface area contributed by atoms with E-state index in [1.165, 1.54) is 0 Å². The van der Waals surface area contributed by atoms with Crippen LogP contribution in [0.2, 0.25) is 5.02 Å². The van der Waals surface area contributed by atoms with Crippen molar-refractivity contribution >= 4 is 39.7 Å². The summed E-state index contributed by atoms with van der Waals surface area (Å²) in [5, 5.41) is 12.8. The van der Waals surface area contributed by atoms with Gasteiger partial charge in [0.25, 0.3) is 0 Å². The second-order valence-corrected chi connectivity index (χ2v) is 5.90. The summed E-state index contributed by atoms with van der Waals surface area (Å²) >= 11 is 6.11. The quantitative estimate of drug-likeness (QED) is 0.572. The van der Waals surface area contributed by atoms with Crippen molar-refractivity contribution in [3.63, 3.8) is 0 Å². The van der Waals surface area contributed by atoms with E-state index in [4.69, 9.17) is 26.4 Å². The van der Waals surface area contributed by atoms with Crippen LogP contribution in [0.15, 0.2) is 55.0 Å². The Morgan fingerprint density at radius 3 is 2.96 bits per heavy atom. The van der Waals surface area contributed by atoms with Crippen LogP contribution >= 0.6 is 11.6 Å². The molecular weight excluding hydrogens is 340 g/mol. The molecule has 2 aromatic carbocycles. The van der Waals surface area contributed by atoms with Gasteiger partial charge >= 0.3 is 0 Å². The number of benzene rings is 2. The highest BCUT2D eigenvalue weighted by Crippen LogP contribution is 2.27. The Morgan fingerprint density at radius 2 is 2.08 bits per heavy atom. The van der Waals surface area contributed by atoms with Crippen molar-refractivity contribution in [2.24, 2.45) is 0 Å². The lowest BCUT2D eigenvalue weighted by Crippen LogP contribution is -2.02. The Bertz CT molecular complexity index is 1050. The van der Waals surface area contributed by atoms with Gasteiger partial charge in [0, 0.05) is 16.8 Å². The summed E-state index contributed by atoms with van der Waals surface area (Å²) in [7, 11) is 0. The lowest BCUT2D eigenvalue weighted by atomic mass is 10.2. The number of aromatic nitrogens is 3. The molecule has 0 amide bonds. The van der Waals surface area contributed by atoms with Crippen LogP contribution in [0.5, 0.6) is 5.75 Å². The van der Waals surface area contributed by atoms with Gasteiger partial charge in [0.2, 0.25) is 0 Å². The minimum atomic E-state index is -0.0249. The standard InChI is InChI=1S/C18H15ClN4O2/c19-12-4-5-15-16(8-12)23-11-20-10-17(23)18(22-15)21-13-2-1-3-14(9-13)25-7-6-24/h1-5,8-11,24H,6-7H2,(H,21,22). The fourth-order valence-electron chi connectivity index (χ4n) is 2.68. The predicted molar refractivity (Wildman–Crippen MR) is 97.8 cm³/mol. The van der Waals surface area contributed by atoms with Crippen molar-refractivity contribution in [3.8, 4) is 5.75 Å². The van der Waals surface area contributed by atoms with Gasteiger partial charge in [0.1, 0.15) is 17.9 Å². The molecule has 0 spiro atoms. The van der Waals surface area contributed by atoms with Crippen molar-refractivity contribution in [3.05, 3.63) is 60.0 Å². The van der Waals surface area contributed by atoms with Crippen LogP contribution in [-0.2, 0) is 0 Å². The maximum Gasteiger partial charge on any atom is 0.157 e. The van der Waals surface area contributed by atoms with Crippen molar-refractivity contribution in [1.82, 2.24) is 14.4 Å². The first-order valence-corrected chi connectivity index (χ1v) is 8.14. The molecule has 0 aliphatic carbocycles. The first-order valence-electron chi connectivity index (χ1n) is 7.77. The molecule has 25 heavy (non-hydrogen) atoms. The van der Waals surface area contributed by atoms with Gasteiger partial charge in [0.15, 0.2) is 5.82 Å². The lowest BCUT2D eigenvalue weighted by Gasteiger charge is -2.11. The van der Waals surface area contributed by atoms with Gasteiger partial charge in [-0.15, -0.1) is 0 Å². The second-order valence-electron chi connectivity index (χ2n) is 5.47. The number of halogens is 1. The predicted octanol–water partition coefficient (Wildman–Crippen LogP) is 3.65. The fourth-order valence-corrected chi connectivity index (χ4v) is 2.85. The van der Waals surface area contributed by atoms with E-state index in [0.29, 0.717) is 16.6 Å². The molecule has 7 heteroatoms. The number of rotatable bonds is 5. The van der Waals surface area contributed by atoms with Crippen molar-refractivity contribution in [1.29, 1.82) is 0 Å². The Balaban J connectivity index is 1.76. The average Bonchev–Trinajstić information content (AvgIpc) is 3.11. The molecular formula is C18H15ClN4O2. The summed E-state index contributed by atoms with van der Waals surface area (Å²) in [6, 6.07) is 13.1. The average molecular weight is 355 g/mol. The molecule has 0 bridgehead atoms. The highest BCUT2D eigenvalue weighted by atomic mass is 35.5. The molecule has 0 atom stereocenters. The van der Waals surface area contributed by atoms with E-state index < -0.39 is 0 Å². The summed E-state index contributed by atoms with van der Waals surface area (Å²) < 4.78 is 7.39. The normalized spacial score (nSPS) is 11.1. The molecule has 0 aliphatic rings. The molecule has 0 radical (unpaired) electrons. The van der Waals surface area contributed by atoms with E-state index in [1.807, 2.05) is 46.9 Å². The largest absolute Gasteiger partial charge is 0.491 e. The van der Waals surface area contributed by atoms with E-state index in [1.54, 1.807) is 12.5 Å². The smallest absolute Gasteiger partial charge is 0.157 e. The molecule has 0 saturated carbocycles. The monoisotopic (exact) mass is 354 g/mol. The number of hydrogen-bond acceptors (Lipinski definition) is 5. The molecule has 0 saturated heterocycles. The summed E-state index contributed by atoms with van der Waals surface area (Å²) in [5.41, 5.74) is 3.38. The molecule has 126 valence electrons. The van der Waals surface area contributed by atoms with Gasteiger partial charge in [-0.2, -0.15) is 0 Å². The van der Waals surface area contributed by atoms with E-state index in [0.717, 1.165) is 22.2 Å². The SMILES string of the molecule is OCCOc1cccc(Nc2nc3ccc(Cl)cc3n3cncc23)c1. The number of hydrogen-bond donors (Lipinski definition) is 2. The first-order chi connectivity index (χ1) is 12.2. The van der Waals surface area contributed by atoms with Gasteiger partial charge in [-0.1, -0.05) is 17.7 Å². The van der Waals surface area contributed by atoms with Crippen LogP contribution in [0, 0.1) is 0 Å². The maximum atomic E-state index is 8.88. The molecule has 2 heterocycles. The van der Waals surface area contributed by atoms with Gasteiger partial charge < -0.3 is 15.2 Å². The number of aliphatic hydroxyl groups excluding tert-OH is 1. The van der Waals surface area contributed by atoms with Crippen LogP contribution in [-0.4, -0.2) is 32.7 Å². The van der Waals surface area contributed by atoms with Crippen molar-refractivity contribution in [2.45, 2.75) is 0 Å². The summed E-state index contributed by atoms with van der Waals surface area (Å²) in [6.45, 7) is 0.230. The van der Waals surface area contributed by atoms with Gasteiger partial charge in [0.05, 0.1) is 30.2 Å². The number of aliphatic hydroxyl groups is 1. The first kappa shape index (κ1) is 15.7. The van der Waals surface area contributed by atoms with Gasteiger partial charge in [-0.05, 0) is 30.3 Å². The summed E-state index contributed by atoms with van der Waals surface area (Å²) in [4.78, 5) is 8.92.